The van der Waals surface area contributed by atoms with Crippen molar-refractivity contribution in [2.75, 3.05) is 6.61 Å². The summed E-state index contributed by atoms with van der Waals surface area (Å²) in [7, 11) is 0. The van der Waals surface area contributed by atoms with E-state index in [1.807, 2.05) is 30.3 Å². The molecule has 2 heteroatoms. The molecule has 0 spiro atoms. The average Bonchev–Trinajstić information content (AvgIpc) is 3.52. The molecule has 3 atom stereocenters. The standard InChI is InChI=1S/C33H42O2/c1-4-6-23-32(5-2,27-29-18-12-8-13-19-29)33(24-22-28-16-10-7-11-17-28)31(3,35-33)25-26-34-30-20-14-9-15-21-30/h7-21H,4-6,22-27H2,1-3H3. The third-order valence-electron chi connectivity index (χ3n) is 8.34. The van der Waals surface area contributed by atoms with E-state index in [4.69, 9.17) is 9.47 Å². The Bertz CT molecular complexity index is 1020. The fourth-order valence-electron chi connectivity index (χ4n) is 6.23. The van der Waals surface area contributed by atoms with Gasteiger partial charge in [-0.1, -0.05) is 106 Å². The topological polar surface area (TPSA) is 21.8 Å². The van der Waals surface area contributed by atoms with Gasteiger partial charge < -0.3 is 9.47 Å². The quantitative estimate of drug-likeness (QED) is 0.220. The Kier molecular flexibility index (Phi) is 8.34. The molecule has 1 fully saturated rings. The highest BCUT2D eigenvalue weighted by atomic mass is 16.6. The van der Waals surface area contributed by atoms with E-state index >= 15 is 0 Å². The van der Waals surface area contributed by atoms with E-state index in [1.165, 1.54) is 30.4 Å². The first kappa shape index (κ1) is 25.5. The van der Waals surface area contributed by atoms with Crippen molar-refractivity contribution in [1.82, 2.24) is 0 Å². The third kappa shape index (κ3) is 5.64. The van der Waals surface area contributed by atoms with Gasteiger partial charge in [0.25, 0.3) is 0 Å². The molecule has 1 aliphatic rings. The van der Waals surface area contributed by atoms with E-state index in [0.29, 0.717) is 6.61 Å². The van der Waals surface area contributed by atoms with Crippen LogP contribution in [-0.4, -0.2) is 17.8 Å². The molecular weight excluding hydrogens is 428 g/mol. The summed E-state index contributed by atoms with van der Waals surface area (Å²) in [5.41, 5.74) is 2.57. The van der Waals surface area contributed by atoms with Crippen molar-refractivity contribution in [3.8, 4) is 5.75 Å². The lowest BCUT2D eigenvalue weighted by atomic mass is 9.60. The van der Waals surface area contributed by atoms with Crippen molar-refractivity contribution >= 4 is 0 Å². The first-order valence-electron chi connectivity index (χ1n) is 13.5. The molecule has 3 aromatic rings. The maximum Gasteiger partial charge on any atom is 0.119 e. The first-order valence-corrected chi connectivity index (χ1v) is 13.5. The minimum Gasteiger partial charge on any atom is -0.493 e. The van der Waals surface area contributed by atoms with Crippen LogP contribution < -0.4 is 4.74 Å². The van der Waals surface area contributed by atoms with Crippen LogP contribution >= 0.6 is 0 Å². The minimum absolute atomic E-state index is 0.0979. The molecule has 0 radical (unpaired) electrons. The summed E-state index contributed by atoms with van der Waals surface area (Å²) >= 11 is 0. The maximum atomic E-state index is 7.00. The van der Waals surface area contributed by atoms with E-state index in [2.05, 4.69) is 81.4 Å². The Morgan fingerprint density at radius 3 is 1.97 bits per heavy atom. The van der Waals surface area contributed by atoms with Gasteiger partial charge in [-0.2, -0.15) is 0 Å². The second kappa shape index (κ2) is 11.4. The Hall–Kier alpha value is -2.58. The van der Waals surface area contributed by atoms with Crippen LogP contribution in [-0.2, 0) is 17.6 Å². The average molecular weight is 471 g/mol. The number of ether oxygens (including phenoxy) is 2. The van der Waals surface area contributed by atoms with Gasteiger partial charge in [0.2, 0.25) is 0 Å². The minimum atomic E-state index is -0.185. The predicted octanol–water partition coefficient (Wildman–Crippen LogP) is 8.45. The van der Waals surface area contributed by atoms with Crippen molar-refractivity contribution in [3.05, 3.63) is 102 Å². The Labute approximate surface area is 212 Å². The number of hydrogen-bond acceptors (Lipinski definition) is 2. The third-order valence-corrected chi connectivity index (χ3v) is 8.34. The van der Waals surface area contributed by atoms with Crippen molar-refractivity contribution in [3.63, 3.8) is 0 Å². The number of epoxide rings is 1. The van der Waals surface area contributed by atoms with Crippen molar-refractivity contribution < 1.29 is 9.47 Å². The highest BCUT2D eigenvalue weighted by Crippen LogP contribution is 2.66. The summed E-state index contributed by atoms with van der Waals surface area (Å²) in [5.74, 6) is 0.934. The van der Waals surface area contributed by atoms with Gasteiger partial charge in [-0.3, -0.25) is 0 Å². The lowest BCUT2D eigenvalue weighted by molar-refractivity contribution is 0.0734. The van der Waals surface area contributed by atoms with Gasteiger partial charge in [0.05, 0.1) is 12.2 Å². The monoisotopic (exact) mass is 470 g/mol. The summed E-state index contributed by atoms with van der Waals surface area (Å²) in [6.45, 7) is 7.70. The van der Waals surface area contributed by atoms with Gasteiger partial charge in [0.15, 0.2) is 0 Å². The molecule has 0 aromatic heterocycles. The first-order chi connectivity index (χ1) is 17.1. The molecule has 186 valence electrons. The molecule has 0 amide bonds. The van der Waals surface area contributed by atoms with Crippen LogP contribution in [0, 0.1) is 5.41 Å². The van der Waals surface area contributed by atoms with Gasteiger partial charge >= 0.3 is 0 Å². The molecule has 3 aromatic carbocycles. The second-order valence-corrected chi connectivity index (χ2v) is 10.5. The van der Waals surface area contributed by atoms with E-state index < -0.39 is 0 Å². The number of rotatable bonds is 14. The number of benzene rings is 3. The molecule has 1 aliphatic heterocycles. The fourth-order valence-corrected chi connectivity index (χ4v) is 6.23. The lowest BCUT2D eigenvalue weighted by Crippen LogP contribution is -2.45. The number of unbranched alkanes of at least 4 members (excludes halogenated alkanes) is 1. The normalized spacial score (nSPS) is 22.9. The van der Waals surface area contributed by atoms with Crippen LogP contribution in [0.15, 0.2) is 91.0 Å². The van der Waals surface area contributed by atoms with Gasteiger partial charge in [0.1, 0.15) is 11.4 Å². The summed E-state index contributed by atoms with van der Waals surface area (Å²) in [6, 6.07) is 32.1. The van der Waals surface area contributed by atoms with E-state index in [0.717, 1.165) is 37.9 Å². The lowest BCUT2D eigenvalue weighted by Gasteiger charge is -2.41. The van der Waals surface area contributed by atoms with Gasteiger partial charge in [-0.25, -0.2) is 0 Å². The van der Waals surface area contributed by atoms with Crippen LogP contribution in [0.2, 0.25) is 0 Å². The molecule has 0 bridgehead atoms. The molecule has 35 heavy (non-hydrogen) atoms. The smallest absolute Gasteiger partial charge is 0.119 e. The summed E-state index contributed by atoms with van der Waals surface area (Å²) in [4.78, 5) is 0. The zero-order valence-corrected chi connectivity index (χ0v) is 21.8. The van der Waals surface area contributed by atoms with Crippen molar-refractivity contribution in [1.29, 1.82) is 0 Å². The van der Waals surface area contributed by atoms with E-state index in [1.54, 1.807) is 0 Å². The van der Waals surface area contributed by atoms with Crippen LogP contribution in [0.5, 0.6) is 5.75 Å². The molecule has 1 saturated heterocycles. The largest absolute Gasteiger partial charge is 0.493 e. The summed E-state index contributed by atoms with van der Waals surface area (Å²) in [5, 5.41) is 0. The second-order valence-electron chi connectivity index (χ2n) is 10.5. The number of aryl methyl sites for hydroxylation is 1. The van der Waals surface area contributed by atoms with Crippen LogP contribution in [0.1, 0.15) is 70.4 Å². The van der Waals surface area contributed by atoms with Gasteiger partial charge in [-0.05, 0) is 62.3 Å². The van der Waals surface area contributed by atoms with Crippen molar-refractivity contribution in [2.45, 2.75) is 83.3 Å². The van der Waals surface area contributed by atoms with Crippen LogP contribution in [0.4, 0.5) is 0 Å². The molecule has 2 nitrogen and oxygen atoms in total. The highest BCUT2D eigenvalue weighted by molar-refractivity contribution is 5.28. The fraction of sp³-hybridized carbons (Fsp3) is 0.455. The molecule has 1 heterocycles. The molecule has 4 rings (SSSR count). The number of hydrogen-bond donors (Lipinski definition) is 0. The zero-order valence-electron chi connectivity index (χ0n) is 21.8. The predicted molar refractivity (Wildman–Crippen MR) is 146 cm³/mol. The Balaban J connectivity index is 1.61. The SMILES string of the molecule is CCCCC(CC)(Cc1ccccc1)C1(CCc2ccccc2)OC1(C)CCOc1ccccc1. The molecule has 0 N–H and O–H groups in total. The summed E-state index contributed by atoms with van der Waals surface area (Å²) in [6.07, 6.45) is 8.80. The highest BCUT2D eigenvalue weighted by Gasteiger charge is 2.73. The van der Waals surface area contributed by atoms with Crippen LogP contribution in [0.3, 0.4) is 0 Å². The van der Waals surface area contributed by atoms with E-state index in [-0.39, 0.29) is 16.6 Å². The van der Waals surface area contributed by atoms with Gasteiger partial charge in [-0.15, -0.1) is 0 Å². The summed E-state index contributed by atoms with van der Waals surface area (Å²) < 4.78 is 13.1. The Morgan fingerprint density at radius 1 is 0.771 bits per heavy atom. The molecule has 0 aliphatic carbocycles. The van der Waals surface area contributed by atoms with Gasteiger partial charge in [0, 0.05) is 11.8 Å². The molecular formula is C33H42O2. The molecule has 3 unspecified atom stereocenters. The van der Waals surface area contributed by atoms with E-state index in [9.17, 15) is 0 Å². The number of para-hydroxylation sites is 1. The maximum absolute atomic E-state index is 7.00. The Morgan fingerprint density at radius 2 is 1.37 bits per heavy atom. The zero-order chi connectivity index (χ0) is 24.6. The van der Waals surface area contributed by atoms with Crippen molar-refractivity contribution in [2.24, 2.45) is 5.41 Å². The van der Waals surface area contributed by atoms with Crippen LogP contribution in [0.25, 0.3) is 0 Å². The molecule has 0 saturated carbocycles.